The monoisotopic (exact) mass is 238 g/mol. The van der Waals surface area contributed by atoms with Crippen molar-refractivity contribution in [1.82, 2.24) is 9.84 Å². The number of carbonyl (C=O) groups excluding carboxylic acids is 1. The summed E-state index contributed by atoms with van der Waals surface area (Å²) < 4.78 is 34.4. The van der Waals surface area contributed by atoms with Crippen molar-refractivity contribution in [3.05, 3.63) is 0 Å². The Kier molecular flexibility index (Phi) is 4.03. The maximum Gasteiger partial charge on any atom is 0.346 e. The van der Waals surface area contributed by atoms with Crippen LogP contribution in [0.3, 0.4) is 0 Å². The maximum atomic E-state index is 11.3. The van der Waals surface area contributed by atoms with Crippen LogP contribution in [-0.2, 0) is 19.8 Å². The molecule has 0 unspecified atom stereocenters. The van der Waals surface area contributed by atoms with Gasteiger partial charge in [-0.25, -0.2) is 5.01 Å². The Labute approximate surface area is 88.2 Å². The van der Waals surface area contributed by atoms with E-state index in [9.17, 15) is 13.2 Å². The second-order valence-electron chi connectivity index (χ2n) is 3.29. The fraction of sp³-hybridized carbons (Fsp3) is 0.857. The Morgan fingerprint density at radius 3 is 2.73 bits per heavy atom. The number of piperidine rings is 1. The Hall–Kier alpha value is -0.700. The van der Waals surface area contributed by atoms with Crippen molar-refractivity contribution in [2.45, 2.75) is 25.3 Å². The molecule has 1 atom stereocenters. The molecule has 8 heteroatoms. The zero-order valence-corrected chi connectivity index (χ0v) is 9.16. The topological polar surface area (TPSA) is 95.9 Å². The summed E-state index contributed by atoms with van der Waals surface area (Å²) in [7, 11) is -3.09. The smallest absolute Gasteiger partial charge is 0.346 e. The van der Waals surface area contributed by atoms with Crippen molar-refractivity contribution in [3.63, 3.8) is 0 Å². The molecule has 0 spiro atoms. The molecule has 0 bridgehead atoms. The Morgan fingerprint density at radius 2 is 2.20 bits per heavy atom. The molecule has 1 rings (SSSR count). The van der Waals surface area contributed by atoms with E-state index in [-0.39, 0.29) is 0 Å². The third-order valence-electron chi connectivity index (χ3n) is 2.21. The van der Waals surface area contributed by atoms with E-state index in [1.54, 1.807) is 0 Å². The van der Waals surface area contributed by atoms with E-state index < -0.39 is 22.3 Å². The van der Waals surface area contributed by atoms with Crippen LogP contribution in [0.1, 0.15) is 19.3 Å². The Morgan fingerprint density at radius 1 is 1.53 bits per heavy atom. The quantitative estimate of drug-likeness (QED) is 0.499. The van der Waals surface area contributed by atoms with Crippen molar-refractivity contribution in [2.75, 3.05) is 13.7 Å². The highest BCUT2D eigenvalue weighted by atomic mass is 32.2. The molecule has 0 aliphatic carbocycles. The number of hydrogen-bond acceptors (Lipinski definition) is 5. The summed E-state index contributed by atoms with van der Waals surface area (Å²) in [5.74, 6) is -0.508. The predicted octanol–water partition coefficient (Wildman–Crippen LogP) is -0.679. The summed E-state index contributed by atoms with van der Waals surface area (Å²) in [4.78, 5) is 13.2. The number of carbonyl (C=O) groups is 1. The van der Waals surface area contributed by atoms with E-state index in [0.29, 0.717) is 13.0 Å². The van der Waals surface area contributed by atoms with Gasteiger partial charge in [-0.1, -0.05) is 0 Å². The van der Waals surface area contributed by atoms with Gasteiger partial charge in [0.25, 0.3) is 0 Å². The fourth-order valence-corrected chi connectivity index (χ4v) is 2.08. The zero-order chi connectivity index (χ0) is 11.5. The van der Waals surface area contributed by atoms with Crippen molar-refractivity contribution in [1.29, 1.82) is 0 Å². The third-order valence-corrected chi connectivity index (χ3v) is 2.67. The molecule has 0 radical (unpaired) electrons. The molecule has 7 nitrogen and oxygen atoms in total. The minimum absolute atomic E-state index is 0.375. The second-order valence-corrected chi connectivity index (χ2v) is 4.43. The summed E-state index contributed by atoms with van der Waals surface area (Å²) >= 11 is 0. The fourth-order valence-electron chi connectivity index (χ4n) is 1.57. The van der Waals surface area contributed by atoms with Gasteiger partial charge in [0, 0.05) is 6.54 Å². The lowest BCUT2D eigenvalue weighted by Crippen LogP contribution is -2.54. The Balaban J connectivity index is 2.70. The lowest BCUT2D eigenvalue weighted by atomic mass is 10.0. The number of nitrogens with zero attached hydrogens (tertiary/aromatic N) is 1. The SMILES string of the molecule is COC(=O)[C@H]1CCCCN1NS(=O)(=O)O. The molecule has 0 aromatic heterocycles. The van der Waals surface area contributed by atoms with Crippen LogP contribution in [0.2, 0.25) is 0 Å². The normalized spacial score (nSPS) is 23.7. The number of rotatable bonds is 3. The van der Waals surface area contributed by atoms with Crippen molar-refractivity contribution in [3.8, 4) is 0 Å². The first-order valence-electron chi connectivity index (χ1n) is 4.53. The molecular formula is C7H14N2O5S. The van der Waals surface area contributed by atoms with Gasteiger partial charge in [0.2, 0.25) is 0 Å². The number of hydrogen-bond donors (Lipinski definition) is 2. The second kappa shape index (κ2) is 4.88. The zero-order valence-electron chi connectivity index (χ0n) is 8.34. The highest BCUT2D eigenvalue weighted by Gasteiger charge is 2.31. The average molecular weight is 238 g/mol. The van der Waals surface area contributed by atoms with Crippen LogP contribution < -0.4 is 4.83 Å². The largest absolute Gasteiger partial charge is 0.468 e. The van der Waals surface area contributed by atoms with Crippen LogP contribution in [-0.4, -0.2) is 43.6 Å². The van der Waals surface area contributed by atoms with Crippen LogP contribution >= 0.6 is 0 Å². The first-order chi connectivity index (χ1) is 6.94. The maximum absolute atomic E-state index is 11.3. The van der Waals surface area contributed by atoms with Gasteiger partial charge in [-0.2, -0.15) is 8.42 Å². The minimum Gasteiger partial charge on any atom is -0.468 e. The van der Waals surface area contributed by atoms with Gasteiger partial charge in [-0.15, -0.1) is 4.83 Å². The van der Waals surface area contributed by atoms with Crippen molar-refractivity contribution >= 4 is 16.3 Å². The first kappa shape index (κ1) is 12.4. The molecule has 0 saturated carbocycles. The van der Waals surface area contributed by atoms with Gasteiger partial charge < -0.3 is 4.74 Å². The molecule has 1 heterocycles. The lowest BCUT2D eigenvalue weighted by Gasteiger charge is -2.32. The van der Waals surface area contributed by atoms with E-state index in [0.717, 1.165) is 12.8 Å². The van der Waals surface area contributed by atoms with Gasteiger partial charge in [-0.05, 0) is 19.3 Å². The molecule has 1 fully saturated rings. The van der Waals surface area contributed by atoms with E-state index in [1.165, 1.54) is 12.1 Å². The van der Waals surface area contributed by atoms with E-state index in [1.807, 2.05) is 4.83 Å². The molecule has 2 N–H and O–H groups in total. The number of nitrogens with one attached hydrogen (secondary N) is 1. The lowest BCUT2D eigenvalue weighted by molar-refractivity contribution is -0.149. The van der Waals surface area contributed by atoms with Crippen LogP contribution in [0.4, 0.5) is 0 Å². The molecule has 0 amide bonds. The van der Waals surface area contributed by atoms with Gasteiger partial charge in [0.05, 0.1) is 7.11 Å². The summed E-state index contributed by atoms with van der Waals surface area (Å²) in [6, 6.07) is -0.661. The van der Waals surface area contributed by atoms with Gasteiger partial charge in [0.1, 0.15) is 6.04 Å². The standard InChI is InChI=1S/C7H14N2O5S/c1-14-7(10)6-4-2-3-5-9(6)8-15(11,12)13/h6,8H,2-5H2,1H3,(H,11,12,13)/t6-/m1/s1. The number of hydrazine groups is 1. The van der Waals surface area contributed by atoms with E-state index in [4.69, 9.17) is 4.55 Å². The number of ether oxygens (including phenoxy) is 1. The molecule has 1 saturated heterocycles. The van der Waals surface area contributed by atoms with Crippen LogP contribution in [0, 0.1) is 0 Å². The average Bonchev–Trinajstić information content (AvgIpc) is 2.15. The molecule has 15 heavy (non-hydrogen) atoms. The molecule has 88 valence electrons. The summed E-state index contributed by atoms with van der Waals surface area (Å²) in [5.41, 5.74) is 0. The van der Waals surface area contributed by atoms with Crippen LogP contribution in [0.25, 0.3) is 0 Å². The van der Waals surface area contributed by atoms with Gasteiger partial charge in [-0.3, -0.25) is 9.35 Å². The number of methoxy groups -OCH3 is 1. The molecule has 0 aromatic rings. The molecular weight excluding hydrogens is 224 g/mol. The van der Waals surface area contributed by atoms with Gasteiger partial charge >= 0.3 is 16.3 Å². The number of esters is 1. The molecule has 0 aromatic carbocycles. The highest BCUT2D eigenvalue weighted by molar-refractivity contribution is 7.83. The molecule has 1 aliphatic rings. The van der Waals surface area contributed by atoms with E-state index in [2.05, 4.69) is 4.74 Å². The van der Waals surface area contributed by atoms with Gasteiger partial charge in [0.15, 0.2) is 0 Å². The van der Waals surface area contributed by atoms with Crippen molar-refractivity contribution < 1.29 is 22.5 Å². The summed E-state index contributed by atoms with van der Waals surface area (Å²) in [5, 5.41) is 1.19. The summed E-state index contributed by atoms with van der Waals surface area (Å²) in [6.07, 6.45) is 2.09. The Bertz CT molecular complexity index is 328. The minimum atomic E-state index is -4.33. The molecule has 1 aliphatic heterocycles. The summed E-state index contributed by atoms with van der Waals surface area (Å²) in [6.45, 7) is 0.375. The van der Waals surface area contributed by atoms with Crippen LogP contribution in [0.15, 0.2) is 0 Å². The third kappa shape index (κ3) is 3.74. The highest BCUT2D eigenvalue weighted by Crippen LogP contribution is 2.16. The predicted molar refractivity (Wildman–Crippen MR) is 51.0 cm³/mol. The first-order valence-corrected chi connectivity index (χ1v) is 5.97. The van der Waals surface area contributed by atoms with E-state index >= 15 is 0 Å². The van der Waals surface area contributed by atoms with Crippen molar-refractivity contribution in [2.24, 2.45) is 0 Å². The van der Waals surface area contributed by atoms with Crippen LogP contribution in [0.5, 0.6) is 0 Å².